The van der Waals surface area contributed by atoms with Crippen molar-refractivity contribution >= 4 is 8.03 Å². The van der Waals surface area contributed by atoms with Gasteiger partial charge in [0.05, 0.1) is 21.1 Å². The first-order chi connectivity index (χ1) is 17.8. The largest absolute Gasteiger partial charge is 0.512 e. The maximum atomic E-state index is 13.8. The molecule has 0 heterocycles. The summed E-state index contributed by atoms with van der Waals surface area (Å²) < 4.78 is 20.8. The average molecular weight is 550 g/mol. The molecule has 0 aromatic heterocycles. The molecule has 4 rings (SSSR count). The van der Waals surface area contributed by atoms with Crippen LogP contribution in [-0.4, -0.2) is 44.4 Å². The molecule has 4 saturated carbocycles. The van der Waals surface area contributed by atoms with Crippen molar-refractivity contribution in [2.45, 2.75) is 124 Å². The summed E-state index contributed by atoms with van der Waals surface area (Å²) >= 11 is 0. The standard InChI is InChI=1S/C34H64NO2P/c1-10-26(24(2)3)15-14-25(4)29-18-19-30-28-17-16-27-12-11-13-32(38(36)37-23-22-35(7,8)9)34(27,6)31(28)20-21-33(29,30)5/h24-32H,10-23H2,1-9H3/q+2/t25-,26-,27?,28+,29-,30+,31+,32?,33-,34+/m1/s1. The first-order valence-corrected chi connectivity index (χ1v) is 18.0. The van der Waals surface area contributed by atoms with Crippen LogP contribution >= 0.6 is 8.03 Å². The van der Waals surface area contributed by atoms with Crippen molar-refractivity contribution in [1.29, 1.82) is 0 Å². The lowest BCUT2D eigenvalue weighted by atomic mass is 9.44. The fourth-order valence-electron chi connectivity index (χ4n) is 10.8. The van der Waals surface area contributed by atoms with Crippen LogP contribution in [0.3, 0.4) is 0 Å². The second-order valence-electron chi connectivity index (χ2n) is 16.3. The van der Waals surface area contributed by atoms with E-state index in [1.807, 2.05) is 0 Å². The third-order valence-corrected chi connectivity index (χ3v) is 14.9. The van der Waals surface area contributed by atoms with Gasteiger partial charge in [-0.15, -0.1) is 4.52 Å². The highest BCUT2D eigenvalue weighted by molar-refractivity contribution is 7.40. The minimum absolute atomic E-state index is 0.210. The lowest BCUT2D eigenvalue weighted by Crippen LogP contribution is -2.57. The smallest absolute Gasteiger partial charge is 0.329 e. The van der Waals surface area contributed by atoms with Gasteiger partial charge in [-0.25, -0.2) is 0 Å². The van der Waals surface area contributed by atoms with Gasteiger partial charge in [0.25, 0.3) is 0 Å². The molecule has 0 radical (unpaired) electrons. The normalized spacial score (nSPS) is 41.3. The molecule has 0 aliphatic heterocycles. The Morgan fingerprint density at radius 3 is 2.32 bits per heavy atom. The topological polar surface area (TPSA) is 26.3 Å². The van der Waals surface area contributed by atoms with Crippen LogP contribution in [0.5, 0.6) is 0 Å². The molecule has 3 unspecified atom stereocenters. The van der Waals surface area contributed by atoms with Gasteiger partial charge in [0.15, 0.2) is 12.3 Å². The third-order valence-electron chi connectivity index (χ3n) is 13.2. The Balaban J connectivity index is 1.47. The van der Waals surface area contributed by atoms with Crippen LogP contribution in [0.4, 0.5) is 0 Å². The Morgan fingerprint density at radius 1 is 0.921 bits per heavy atom. The van der Waals surface area contributed by atoms with Gasteiger partial charge in [-0.05, 0) is 122 Å². The molecule has 220 valence electrons. The van der Waals surface area contributed by atoms with E-state index in [0.717, 1.165) is 64.8 Å². The number of hydrogen-bond acceptors (Lipinski definition) is 2. The van der Waals surface area contributed by atoms with Crippen LogP contribution in [0.25, 0.3) is 0 Å². The second kappa shape index (κ2) is 12.1. The quantitative estimate of drug-likeness (QED) is 0.189. The Kier molecular flexibility index (Phi) is 9.86. The van der Waals surface area contributed by atoms with Crippen molar-refractivity contribution in [2.24, 2.45) is 58.2 Å². The fourth-order valence-corrected chi connectivity index (χ4v) is 12.5. The summed E-state index contributed by atoms with van der Waals surface area (Å²) in [7, 11) is 4.99. The van der Waals surface area contributed by atoms with Crippen LogP contribution in [0, 0.1) is 58.2 Å². The summed E-state index contributed by atoms with van der Waals surface area (Å²) in [4.78, 5) is 0. The van der Waals surface area contributed by atoms with E-state index in [0.29, 0.717) is 12.0 Å². The van der Waals surface area contributed by atoms with Crippen LogP contribution < -0.4 is 0 Å². The minimum Gasteiger partial charge on any atom is -0.329 e. The Hall–Kier alpha value is 0.0200. The van der Waals surface area contributed by atoms with Crippen molar-refractivity contribution in [1.82, 2.24) is 0 Å². The summed E-state index contributed by atoms with van der Waals surface area (Å²) in [5.74, 6) is 6.71. The Bertz CT molecular complexity index is 807. The Labute approximate surface area is 238 Å². The van der Waals surface area contributed by atoms with E-state index >= 15 is 0 Å². The fraction of sp³-hybridized carbons (Fsp3) is 1.00. The van der Waals surface area contributed by atoms with E-state index < -0.39 is 8.03 Å². The molecule has 0 N–H and O–H groups in total. The highest BCUT2D eigenvalue weighted by Gasteiger charge is 2.65. The number of fused-ring (bicyclic) bond motifs is 5. The van der Waals surface area contributed by atoms with E-state index in [4.69, 9.17) is 4.52 Å². The van der Waals surface area contributed by atoms with E-state index in [2.05, 4.69) is 62.7 Å². The number of quaternary nitrogens is 1. The molecule has 0 spiro atoms. The lowest BCUT2D eigenvalue weighted by molar-refractivity contribution is -0.870. The lowest BCUT2D eigenvalue weighted by Gasteiger charge is -2.60. The van der Waals surface area contributed by atoms with Crippen LogP contribution in [0.2, 0.25) is 0 Å². The monoisotopic (exact) mass is 549 g/mol. The molecule has 4 aliphatic carbocycles. The number of likely N-dealkylation sites (N-methyl/N-ethyl adjacent to an activating group) is 1. The third kappa shape index (κ3) is 5.97. The summed E-state index contributed by atoms with van der Waals surface area (Å²) in [5, 5.41) is 0. The van der Waals surface area contributed by atoms with E-state index in [1.54, 1.807) is 0 Å². The second-order valence-corrected chi connectivity index (χ2v) is 17.7. The van der Waals surface area contributed by atoms with Crippen LogP contribution in [0.15, 0.2) is 0 Å². The zero-order chi connectivity index (χ0) is 27.9. The van der Waals surface area contributed by atoms with Crippen molar-refractivity contribution in [2.75, 3.05) is 34.3 Å². The van der Waals surface area contributed by atoms with Gasteiger partial charge in [-0.3, -0.25) is 0 Å². The van der Waals surface area contributed by atoms with E-state index in [1.165, 1.54) is 70.6 Å². The zero-order valence-corrected chi connectivity index (χ0v) is 27.7. The van der Waals surface area contributed by atoms with Gasteiger partial charge in [-0.1, -0.05) is 54.4 Å². The van der Waals surface area contributed by atoms with Gasteiger partial charge < -0.3 is 4.48 Å². The summed E-state index contributed by atoms with van der Waals surface area (Å²) in [5.41, 5.74) is 0.998. The molecule has 4 aliphatic rings. The van der Waals surface area contributed by atoms with Crippen molar-refractivity contribution in [3.8, 4) is 0 Å². The van der Waals surface area contributed by atoms with Gasteiger partial charge in [0.2, 0.25) is 0 Å². The zero-order valence-electron chi connectivity index (χ0n) is 26.8. The molecule has 0 aromatic carbocycles. The molecule has 0 bridgehead atoms. The molecular formula is C34H64NO2P+2. The van der Waals surface area contributed by atoms with Gasteiger partial charge >= 0.3 is 8.03 Å². The summed E-state index contributed by atoms with van der Waals surface area (Å²) in [6, 6.07) is 0. The van der Waals surface area contributed by atoms with Gasteiger partial charge in [0.1, 0.15) is 6.54 Å². The molecule has 38 heavy (non-hydrogen) atoms. The number of hydrogen-bond donors (Lipinski definition) is 0. The van der Waals surface area contributed by atoms with Gasteiger partial charge in [-0.2, -0.15) is 0 Å². The van der Waals surface area contributed by atoms with Crippen LogP contribution in [-0.2, 0) is 9.09 Å². The molecule has 3 nitrogen and oxygen atoms in total. The Morgan fingerprint density at radius 2 is 1.66 bits per heavy atom. The molecule has 11 atom stereocenters. The maximum absolute atomic E-state index is 13.8. The van der Waals surface area contributed by atoms with Crippen molar-refractivity contribution < 1.29 is 13.6 Å². The molecule has 0 saturated heterocycles. The summed E-state index contributed by atoms with van der Waals surface area (Å²) in [6.45, 7) is 16.7. The predicted molar refractivity (Wildman–Crippen MR) is 162 cm³/mol. The average Bonchev–Trinajstić information content (AvgIpc) is 3.19. The number of rotatable bonds is 11. The van der Waals surface area contributed by atoms with Crippen molar-refractivity contribution in [3.05, 3.63) is 0 Å². The molecule has 0 amide bonds. The first-order valence-electron chi connectivity index (χ1n) is 16.7. The maximum Gasteiger partial charge on any atom is 0.512 e. The first kappa shape index (κ1) is 31.0. The number of nitrogens with zero attached hydrogens (tertiary/aromatic N) is 1. The van der Waals surface area contributed by atoms with Crippen molar-refractivity contribution in [3.63, 3.8) is 0 Å². The molecule has 0 aromatic rings. The van der Waals surface area contributed by atoms with Crippen LogP contribution in [0.1, 0.15) is 119 Å². The van der Waals surface area contributed by atoms with E-state index in [9.17, 15) is 4.57 Å². The predicted octanol–water partition coefficient (Wildman–Crippen LogP) is 9.58. The molecule has 4 fully saturated rings. The van der Waals surface area contributed by atoms with E-state index in [-0.39, 0.29) is 11.1 Å². The molecule has 4 heteroatoms. The summed E-state index contributed by atoms with van der Waals surface area (Å²) in [6.07, 6.45) is 16.4. The van der Waals surface area contributed by atoms with Gasteiger partial charge in [0, 0.05) is 5.41 Å². The minimum atomic E-state index is -1.60. The highest BCUT2D eigenvalue weighted by Crippen LogP contribution is 2.70. The SMILES string of the molecule is CC[C@H](CC[C@@H](C)[C@H]1CC[C@H]2[C@@H]3CCC4CCCC([P+](=O)OCC[N+](C)(C)C)[C@]4(C)[C@H]3CC[C@]12C)C(C)C. The highest BCUT2D eigenvalue weighted by atomic mass is 31.1. The molecular weight excluding hydrogens is 485 g/mol.